The molecule has 0 aromatic carbocycles. The third-order valence-electron chi connectivity index (χ3n) is 0.843. The van der Waals surface area contributed by atoms with E-state index >= 15 is 0 Å². The maximum atomic E-state index is 8.88. The molecule has 0 atom stereocenters. The van der Waals surface area contributed by atoms with Crippen LogP contribution in [0, 0.1) is 0 Å². The Labute approximate surface area is 114 Å². The monoisotopic (exact) mass is 346 g/mol. The van der Waals surface area contributed by atoms with Crippen molar-refractivity contribution in [3.8, 4) is 0 Å². The number of ether oxygens (including phenoxy) is 2. The van der Waals surface area contributed by atoms with Crippen molar-refractivity contribution in [3.05, 3.63) is 0 Å². The Morgan fingerprint density at radius 1 is 0.600 bits per heavy atom. The first-order valence-corrected chi connectivity index (χ1v) is 7.98. The van der Waals surface area contributed by atoms with Crippen LogP contribution in [-0.2, 0) is 18.6 Å². The quantitative estimate of drug-likeness (QED) is 0.173. The standard InChI is InChI=1S/C6H14O4.2H3O4P/c7-1-3-9-5-6-10-4-2-8;2*1-5(2,3)4/h7-8H,1-6H2;2*(H3,1,2,3,4). The fourth-order valence-electron chi connectivity index (χ4n) is 0.451. The summed E-state index contributed by atoms with van der Waals surface area (Å²) in [5.41, 5.74) is 0. The highest BCUT2D eigenvalue weighted by atomic mass is 31.2. The van der Waals surface area contributed by atoms with E-state index in [4.69, 9.17) is 58.2 Å². The van der Waals surface area contributed by atoms with Crippen molar-refractivity contribution in [2.45, 2.75) is 0 Å². The van der Waals surface area contributed by atoms with Crippen LogP contribution in [0.15, 0.2) is 0 Å². The van der Waals surface area contributed by atoms with Crippen molar-refractivity contribution in [2.24, 2.45) is 0 Å². The van der Waals surface area contributed by atoms with Gasteiger partial charge in [0.05, 0.1) is 39.6 Å². The number of hydrogen-bond donors (Lipinski definition) is 8. The van der Waals surface area contributed by atoms with Crippen molar-refractivity contribution in [1.82, 2.24) is 0 Å². The largest absolute Gasteiger partial charge is 0.466 e. The molecular weight excluding hydrogens is 326 g/mol. The molecule has 0 saturated carbocycles. The van der Waals surface area contributed by atoms with Gasteiger partial charge in [0.2, 0.25) is 0 Å². The fraction of sp³-hybridized carbons (Fsp3) is 1.00. The molecule has 0 aliphatic carbocycles. The molecule has 0 fully saturated rings. The smallest absolute Gasteiger partial charge is 0.394 e. The predicted octanol–water partition coefficient (Wildman–Crippen LogP) is -2.85. The van der Waals surface area contributed by atoms with Gasteiger partial charge in [-0.25, -0.2) is 9.13 Å². The molecule has 0 rings (SSSR count). The summed E-state index contributed by atoms with van der Waals surface area (Å²) in [7, 11) is -9.28. The molecule has 14 heteroatoms. The van der Waals surface area contributed by atoms with Crippen molar-refractivity contribution < 1.29 is 58.2 Å². The van der Waals surface area contributed by atoms with Gasteiger partial charge in [0.25, 0.3) is 0 Å². The lowest BCUT2D eigenvalue weighted by Gasteiger charge is -2.01. The molecule has 0 radical (unpaired) electrons. The van der Waals surface area contributed by atoms with Crippen LogP contribution in [0.4, 0.5) is 0 Å². The van der Waals surface area contributed by atoms with Crippen LogP contribution >= 0.6 is 15.6 Å². The lowest BCUT2D eigenvalue weighted by molar-refractivity contribution is 0.0222. The minimum absolute atomic E-state index is 0.0417. The predicted molar refractivity (Wildman–Crippen MR) is 64.3 cm³/mol. The maximum absolute atomic E-state index is 8.88. The van der Waals surface area contributed by atoms with Gasteiger partial charge in [-0.15, -0.1) is 0 Å². The molecule has 0 bridgehead atoms. The zero-order chi connectivity index (χ0) is 16.7. The van der Waals surface area contributed by atoms with Crippen molar-refractivity contribution >= 4 is 15.6 Å². The fourth-order valence-corrected chi connectivity index (χ4v) is 0.451. The van der Waals surface area contributed by atoms with E-state index in [1.165, 1.54) is 0 Å². The average Bonchev–Trinajstić information content (AvgIpc) is 2.18. The Bertz CT molecular complexity index is 227. The molecular formula is C6H20O12P2. The number of hydrogen-bond acceptors (Lipinski definition) is 6. The third-order valence-corrected chi connectivity index (χ3v) is 0.843. The molecule has 0 heterocycles. The second-order valence-corrected chi connectivity index (χ2v) is 4.75. The number of phosphoric acid groups is 2. The Hall–Kier alpha value is 0.0600. The summed E-state index contributed by atoms with van der Waals surface area (Å²) < 4.78 is 27.5. The van der Waals surface area contributed by atoms with Crippen molar-refractivity contribution in [3.63, 3.8) is 0 Å². The first kappa shape index (κ1) is 25.0. The van der Waals surface area contributed by atoms with Crippen LogP contribution in [0.3, 0.4) is 0 Å². The normalized spacial score (nSPS) is 11.0. The van der Waals surface area contributed by atoms with Crippen LogP contribution in [0.25, 0.3) is 0 Å². The molecule has 0 saturated heterocycles. The van der Waals surface area contributed by atoms with Gasteiger partial charge < -0.3 is 49.0 Å². The molecule has 0 unspecified atom stereocenters. The summed E-state index contributed by atoms with van der Waals surface area (Å²) in [6.45, 7) is 1.73. The zero-order valence-corrected chi connectivity index (χ0v) is 12.1. The van der Waals surface area contributed by atoms with E-state index in [9.17, 15) is 0 Å². The molecule has 0 aliphatic rings. The molecule has 0 aromatic heterocycles. The lowest BCUT2D eigenvalue weighted by atomic mass is 10.7. The van der Waals surface area contributed by atoms with Crippen LogP contribution < -0.4 is 0 Å². The Kier molecular flexibility index (Phi) is 19.3. The van der Waals surface area contributed by atoms with E-state index in [1.807, 2.05) is 0 Å². The summed E-state index contributed by atoms with van der Waals surface area (Å²) in [4.78, 5) is 43.1. The first-order valence-electron chi connectivity index (χ1n) is 4.85. The van der Waals surface area contributed by atoms with Crippen LogP contribution in [0.1, 0.15) is 0 Å². The van der Waals surface area contributed by atoms with Gasteiger partial charge in [-0.2, -0.15) is 0 Å². The number of aliphatic hydroxyl groups is 2. The first-order chi connectivity index (χ1) is 8.91. The average molecular weight is 346 g/mol. The zero-order valence-electron chi connectivity index (χ0n) is 10.3. The Balaban J connectivity index is -0.000000244. The van der Waals surface area contributed by atoms with Crippen LogP contribution in [0.2, 0.25) is 0 Å². The Morgan fingerprint density at radius 3 is 0.950 bits per heavy atom. The highest BCUT2D eigenvalue weighted by Crippen LogP contribution is 2.26. The molecule has 0 spiro atoms. The van der Waals surface area contributed by atoms with E-state index < -0.39 is 15.6 Å². The van der Waals surface area contributed by atoms with Gasteiger partial charge in [-0.05, 0) is 0 Å². The topological polar surface area (TPSA) is 214 Å². The van der Waals surface area contributed by atoms with Gasteiger partial charge in [-0.3, -0.25) is 0 Å². The summed E-state index contributed by atoms with van der Waals surface area (Å²) in [6, 6.07) is 0. The highest BCUT2D eigenvalue weighted by Gasteiger charge is 2.00. The minimum Gasteiger partial charge on any atom is -0.394 e. The van der Waals surface area contributed by atoms with E-state index in [0.717, 1.165) is 0 Å². The molecule has 0 aromatic rings. The van der Waals surface area contributed by atoms with Crippen LogP contribution in [-0.4, -0.2) is 79.2 Å². The van der Waals surface area contributed by atoms with Gasteiger partial charge in [0.1, 0.15) is 0 Å². The molecule has 12 nitrogen and oxygen atoms in total. The second kappa shape index (κ2) is 15.4. The summed E-state index contributed by atoms with van der Waals surface area (Å²) in [5.74, 6) is 0. The van der Waals surface area contributed by atoms with E-state index in [2.05, 4.69) is 0 Å². The molecule has 20 heavy (non-hydrogen) atoms. The van der Waals surface area contributed by atoms with Gasteiger partial charge in [-0.1, -0.05) is 0 Å². The van der Waals surface area contributed by atoms with Gasteiger partial charge in [0.15, 0.2) is 0 Å². The van der Waals surface area contributed by atoms with Crippen LogP contribution in [0.5, 0.6) is 0 Å². The maximum Gasteiger partial charge on any atom is 0.466 e. The highest BCUT2D eigenvalue weighted by molar-refractivity contribution is 7.45. The van der Waals surface area contributed by atoms with Gasteiger partial charge >= 0.3 is 15.6 Å². The third kappa shape index (κ3) is 105. The number of rotatable bonds is 7. The number of aliphatic hydroxyl groups excluding tert-OH is 2. The SMILES string of the molecule is O=P(O)(O)O.O=P(O)(O)O.OCCOCCOCCO. The van der Waals surface area contributed by atoms with E-state index in [0.29, 0.717) is 26.4 Å². The second-order valence-electron chi connectivity index (χ2n) is 2.70. The molecule has 0 amide bonds. The molecule has 0 aliphatic heterocycles. The Morgan fingerprint density at radius 2 is 0.800 bits per heavy atom. The lowest BCUT2D eigenvalue weighted by Crippen LogP contribution is -2.09. The molecule has 8 N–H and O–H groups in total. The van der Waals surface area contributed by atoms with E-state index in [-0.39, 0.29) is 13.2 Å². The van der Waals surface area contributed by atoms with E-state index in [1.54, 1.807) is 0 Å². The van der Waals surface area contributed by atoms with Gasteiger partial charge in [0, 0.05) is 0 Å². The summed E-state index contributed by atoms with van der Waals surface area (Å²) >= 11 is 0. The summed E-state index contributed by atoms with van der Waals surface area (Å²) in [5, 5.41) is 16.5. The van der Waals surface area contributed by atoms with Crippen molar-refractivity contribution in [2.75, 3.05) is 39.6 Å². The van der Waals surface area contributed by atoms with Crippen molar-refractivity contribution in [1.29, 1.82) is 0 Å². The summed E-state index contributed by atoms with van der Waals surface area (Å²) in [6.07, 6.45) is 0. The molecule has 126 valence electrons. The minimum atomic E-state index is -4.64.